The molecule has 0 saturated heterocycles. The number of hydrogen-bond acceptors (Lipinski definition) is 3. The number of anilines is 3. The van der Waals surface area contributed by atoms with Gasteiger partial charge in [-0.1, -0.05) is 158 Å². The van der Waals surface area contributed by atoms with E-state index in [4.69, 9.17) is 6.57 Å². The van der Waals surface area contributed by atoms with E-state index >= 15 is 0 Å². The number of nitrogens with zero attached hydrogens (tertiary/aromatic N) is 5. The highest BCUT2D eigenvalue weighted by molar-refractivity contribution is 6.12. The van der Waals surface area contributed by atoms with Crippen molar-refractivity contribution in [2.24, 2.45) is 0 Å². The molecule has 322 valence electrons. The minimum Gasteiger partial charge on any atom is -0.318 e. The highest BCUT2D eigenvalue weighted by atomic mass is 15.2. The van der Waals surface area contributed by atoms with Gasteiger partial charge in [0, 0.05) is 28.9 Å². The first kappa shape index (κ1) is 40.0. The van der Waals surface area contributed by atoms with Crippen LogP contribution in [0.3, 0.4) is 0 Å². The SMILES string of the molecule is [C-]#[N+]c1c(C)c(-c2cccc3c2-c2ccccc2C32c3ccccc3N(c3ccccc3)c3ccccc32)c(C)c(C#N)c1-n1c2ccncc2c2cc(-c3ccccc3-c3ccccc3)ccc21. The quantitative estimate of drug-likeness (QED) is 0.162. The summed E-state index contributed by atoms with van der Waals surface area (Å²) in [4.78, 5) is 11.4. The van der Waals surface area contributed by atoms with Crippen LogP contribution in [0.5, 0.6) is 0 Å². The number of benzene rings is 9. The van der Waals surface area contributed by atoms with E-state index in [1.165, 1.54) is 22.3 Å². The molecule has 1 spiro atoms. The molecule has 1 aliphatic carbocycles. The van der Waals surface area contributed by atoms with E-state index in [9.17, 15) is 5.26 Å². The van der Waals surface area contributed by atoms with Crippen molar-refractivity contribution in [1.82, 2.24) is 9.55 Å². The van der Waals surface area contributed by atoms with Gasteiger partial charge in [-0.05, 0) is 134 Å². The molecule has 0 N–H and O–H groups in total. The van der Waals surface area contributed by atoms with Crippen molar-refractivity contribution < 1.29 is 0 Å². The molecule has 1 aliphatic heterocycles. The topological polar surface area (TPSA) is 49.2 Å². The number of hydrogen-bond donors (Lipinski definition) is 0. The van der Waals surface area contributed by atoms with Crippen molar-refractivity contribution in [3.63, 3.8) is 0 Å². The number of para-hydroxylation sites is 3. The second-order valence-electron chi connectivity index (χ2n) is 18.0. The zero-order valence-corrected chi connectivity index (χ0v) is 37.9. The number of rotatable bonds is 5. The Morgan fingerprint density at radius 1 is 0.522 bits per heavy atom. The monoisotopic (exact) mass is 879 g/mol. The van der Waals surface area contributed by atoms with Gasteiger partial charge < -0.3 is 9.47 Å². The fraction of sp³-hybridized carbons (Fsp3) is 0.0469. The van der Waals surface area contributed by atoms with Crippen LogP contribution in [0.2, 0.25) is 0 Å². The molecule has 13 rings (SSSR count). The summed E-state index contributed by atoms with van der Waals surface area (Å²) in [6.45, 7) is 13.1. The van der Waals surface area contributed by atoms with Gasteiger partial charge in [0.05, 0.1) is 45.6 Å². The Kier molecular flexibility index (Phi) is 8.93. The van der Waals surface area contributed by atoms with Crippen LogP contribution in [0.4, 0.5) is 22.7 Å². The van der Waals surface area contributed by atoms with Crippen LogP contribution in [0, 0.1) is 31.8 Å². The maximum atomic E-state index is 11.5. The van der Waals surface area contributed by atoms with E-state index in [-0.39, 0.29) is 0 Å². The molecule has 0 unspecified atom stereocenters. The molecule has 69 heavy (non-hydrogen) atoms. The number of nitriles is 1. The van der Waals surface area contributed by atoms with E-state index in [0.717, 1.165) is 94.5 Å². The lowest BCUT2D eigenvalue weighted by molar-refractivity contribution is 0.753. The highest BCUT2D eigenvalue weighted by Gasteiger charge is 2.52. The Balaban J connectivity index is 1.05. The zero-order chi connectivity index (χ0) is 46.4. The summed E-state index contributed by atoms with van der Waals surface area (Å²) in [6.07, 6.45) is 3.70. The van der Waals surface area contributed by atoms with Crippen LogP contribution >= 0.6 is 0 Å². The first-order valence-electron chi connectivity index (χ1n) is 23.3. The maximum Gasteiger partial charge on any atom is 0.215 e. The second kappa shape index (κ2) is 15.4. The first-order valence-corrected chi connectivity index (χ1v) is 23.3. The Morgan fingerprint density at radius 3 is 1.80 bits per heavy atom. The third kappa shape index (κ3) is 5.53. The molecule has 3 heterocycles. The fourth-order valence-corrected chi connectivity index (χ4v) is 12.0. The van der Waals surface area contributed by atoms with Crippen molar-refractivity contribution in [1.29, 1.82) is 5.26 Å². The summed E-state index contributed by atoms with van der Waals surface area (Å²) in [5.41, 5.74) is 21.2. The molecule has 5 heteroatoms. The van der Waals surface area contributed by atoms with Gasteiger partial charge in [-0.2, -0.15) is 5.26 Å². The van der Waals surface area contributed by atoms with Crippen molar-refractivity contribution in [2.45, 2.75) is 19.3 Å². The van der Waals surface area contributed by atoms with Crippen LogP contribution in [-0.2, 0) is 5.41 Å². The van der Waals surface area contributed by atoms with Gasteiger partial charge in [-0.25, -0.2) is 4.85 Å². The van der Waals surface area contributed by atoms with Gasteiger partial charge in [0.15, 0.2) is 0 Å². The van der Waals surface area contributed by atoms with Crippen LogP contribution < -0.4 is 4.90 Å². The van der Waals surface area contributed by atoms with Gasteiger partial charge in [-0.15, -0.1) is 0 Å². The summed E-state index contributed by atoms with van der Waals surface area (Å²) in [7, 11) is 0. The predicted molar refractivity (Wildman–Crippen MR) is 281 cm³/mol. The average Bonchev–Trinajstić information content (AvgIpc) is 3.90. The average molecular weight is 880 g/mol. The third-order valence-electron chi connectivity index (χ3n) is 14.7. The smallest absolute Gasteiger partial charge is 0.215 e. The van der Waals surface area contributed by atoms with E-state index in [1.807, 2.05) is 18.3 Å². The van der Waals surface area contributed by atoms with Crippen LogP contribution in [-0.4, -0.2) is 9.55 Å². The normalized spacial score (nSPS) is 12.8. The largest absolute Gasteiger partial charge is 0.318 e. The summed E-state index contributed by atoms with van der Waals surface area (Å²) in [5.74, 6) is 0. The summed E-state index contributed by atoms with van der Waals surface area (Å²) >= 11 is 0. The standard InChI is InChI=1S/C64H41N5/c1-40-50(38-65)63(69-56-34-33-43(37-49(56)51-39-67-36-35-57(51)69)46-24-11-10-23-45(46)42-19-6-4-7-20-42)62(66-3)41(2)60(40)48-26-18-30-55-61(48)47-25-12-13-27-52(47)64(55)53-28-14-16-31-58(53)68(44-21-8-5-9-22-44)59-32-17-15-29-54(59)64/h4-37,39H,1-2H3. The molecule has 0 bridgehead atoms. The highest BCUT2D eigenvalue weighted by Crippen LogP contribution is 2.65. The van der Waals surface area contributed by atoms with Crippen molar-refractivity contribution in [3.8, 4) is 56.3 Å². The lowest BCUT2D eigenvalue weighted by atomic mass is 9.64. The Labute approximate surface area is 400 Å². The van der Waals surface area contributed by atoms with Crippen molar-refractivity contribution in [2.75, 3.05) is 4.90 Å². The van der Waals surface area contributed by atoms with Gasteiger partial charge in [0.25, 0.3) is 0 Å². The molecule has 9 aromatic carbocycles. The van der Waals surface area contributed by atoms with Crippen molar-refractivity contribution >= 4 is 44.6 Å². The molecule has 5 nitrogen and oxygen atoms in total. The van der Waals surface area contributed by atoms with Gasteiger partial charge in [0.1, 0.15) is 6.07 Å². The van der Waals surface area contributed by atoms with Gasteiger partial charge in [-0.3, -0.25) is 4.98 Å². The van der Waals surface area contributed by atoms with Crippen LogP contribution in [0.1, 0.15) is 38.9 Å². The minimum atomic E-state index is -0.652. The molecular weight excluding hydrogens is 839 g/mol. The fourth-order valence-electron chi connectivity index (χ4n) is 12.0. The maximum absolute atomic E-state index is 11.5. The van der Waals surface area contributed by atoms with Crippen LogP contribution in [0.25, 0.3) is 76.8 Å². The Bertz CT molecular complexity index is 3930. The lowest BCUT2D eigenvalue weighted by Gasteiger charge is -2.45. The first-order chi connectivity index (χ1) is 34.0. The molecular formula is C64H41N5. The molecule has 0 fully saturated rings. The Hall–Kier alpha value is -9.29. The van der Waals surface area contributed by atoms with E-state index < -0.39 is 5.41 Å². The summed E-state index contributed by atoms with van der Waals surface area (Å²) in [5, 5.41) is 13.4. The predicted octanol–water partition coefficient (Wildman–Crippen LogP) is 16.4. The van der Waals surface area contributed by atoms with E-state index in [1.54, 1.807) is 6.20 Å². The lowest BCUT2D eigenvalue weighted by Crippen LogP contribution is -2.36. The number of fused-ring (bicyclic) bond motifs is 12. The van der Waals surface area contributed by atoms with Crippen LogP contribution in [0.15, 0.2) is 213 Å². The molecule has 2 aromatic heterocycles. The van der Waals surface area contributed by atoms with Gasteiger partial charge >= 0.3 is 0 Å². The molecule has 2 aliphatic rings. The number of pyridine rings is 1. The Morgan fingerprint density at radius 2 is 1.10 bits per heavy atom. The van der Waals surface area contributed by atoms with Gasteiger partial charge in [0.2, 0.25) is 5.69 Å². The van der Waals surface area contributed by atoms with Crippen molar-refractivity contribution in [3.05, 3.63) is 263 Å². The molecule has 11 aromatic rings. The second-order valence-corrected chi connectivity index (χ2v) is 18.0. The third-order valence-corrected chi connectivity index (χ3v) is 14.7. The van der Waals surface area contributed by atoms with E-state index in [0.29, 0.717) is 16.9 Å². The molecule has 0 amide bonds. The molecule has 0 radical (unpaired) electrons. The minimum absolute atomic E-state index is 0.451. The summed E-state index contributed by atoms with van der Waals surface area (Å²) < 4.78 is 2.13. The summed E-state index contributed by atoms with van der Waals surface area (Å²) in [6, 6.07) is 73.9. The number of aromatic nitrogens is 2. The zero-order valence-electron chi connectivity index (χ0n) is 37.9. The molecule has 0 atom stereocenters. The molecule has 0 saturated carbocycles. The van der Waals surface area contributed by atoms with E-state index in [2.05, 4.69) is 227 Å².